The summed E-state index contributed by atoms with van der Waals surface area (Å²) in [5.41, 5.74) is 2.43. The van der Waals surface area contributed by atoms with Crippen molar-refractivity contribution in [1.29, 1.82) is 0 Å². The van der Waals surface area contributed by atoms with Crippen molar-refractivity contribution in [2.45, 2.75) is 26.5 Å². The van der Waals surface area contributed by atoms with Gasteiger partial charge in [0.15, 0.2) is 23.0 Å². The predicted octanol–water partition coefficient (Wildman–Crippen LogP) is 4.57. The van der Waals surface area contributed by atoms with Crippen molar-refractivity contribution in [2.24, 2.45) is 5.92 Å². The Hall–Kier alpha value is -3.74. The van der Waals surface area contributed by atoms with Gasteiger partial charge in [-0.15, -0.1) is 0 Å². The Morgan fingerprint density at radius 3 is 2.48 bits per heavy atom. The molecule has 2 heterocycles. The Kier molecular flexibility index (Phi) is 6.98. The second-order valence-electron chi connectivity index (χ2n) is 8.11. The van der Waals surface area contributed by atoms with Crippen molar-refractivity contribution >= 4 is 5.91 Å². The van der Waals surface area contributed by atoms with E-state index in [1.807, 2.05) is 30.3 Å². The van der Waals surface area contributed by atoms with Crippen LogP contribution in [0.1, 0.15) is 41.4 Å². The molecule has 0 fully saturated rings. The number of pyridine rings is 1. The van der Waals surface area contributed by atoms with Crippen molar-refractivity contribution in [3.05, 3.63) is 77.6 Å². The number of nitrogens with zero attached hydrogens (tertiary/aromatic N) is 1. The molecular weight excluding hydrogens is 420 g/mol. The first-order chi connectivity index (χ1) is 16.0. The number of ether oxygens (including phenoxy) is 4. The van der Waals surface area contributed by atoms with E-state index >= 15 is 0 Å². The smallest absolute Gasteiger partial charge is 0.251 e. The predicted molar refractivity (Wildman–Crippen MR) is 124 cm³/mol. The SMILES string of the molecule is COc1ccc(C(=O)N[C@H](c2ccc3c(c2)OCCO3)C(C)C)cc1OCc1ccncc1. The van der Waals surface area contributed by atoms with Gasteiger partial charge in [0.2, 0.25) is 0 Å². The number of carbonyl (C=O) groups is 1. The summed E-state index contributed by atoms with van der Waals surface area (Å²) in [4.78, 5) is 17.2. The minimum absolute atomic E-state index is 0.164. The molecule has 1 aromatic heterocycles. The van der Waals surface area contributed by atoms with Crippen molar-refractivity contribution < 1.29 is 23.7 Å². The zero-order chi connectivity index (χ0) is 23.2. The number of carbonyl (C=O) groups excluding carboxylic acids is 1. The minimum atomic E-state index is -0.198. The van der Waals surface area contributed by atoms with Gasteiger partial charge >= 0.3 is 0 Å². The number of hydrogen-bond acceptors (Lipinski definition) is 6. The summed E-state index contributed by atoms with van der Waals surface area (Å²) < 4.78 is 22.7. The van der Waals surface area contributed by atoms with Gasteiger partial charge in [0.05, 0.1) is 13.2 Å². The van der Waals surface area contributed by atoms with Gasteiger partial charge in [-0.3, -0.25) is 9.78 Å². The molecule has 2 aromatic carbocycles. The normalized spacial score (nSPS) is 13.3. The lowest BCUT2D eigenvalue weighted by molar-refractivity contribution is 0.0924. The van der Waals surface area contributed by atoms with Gasteiger partial charge in [-0.1, -0.05) is 19.9 Å². The van der Waals surface area contributed by atoms with Crippen LogP contribution in [-0.4, -0.2) is 31.2 Å². The van der Waals surface area contributed by atoms with E-state index in [9.17, 15) is 4.79 Å². The fraction of sp³-hybridized carbons (Fsp3) is 0.308. The van der Waals surface area contributed by atoms with Gasteiger partial charge in [-0.2, -0.15) is 0 Å². The topological polar surface area (TPSA) is 78.9 Å². The number of hydrogen-bond donors (Lipinski definition) is 1. The van der Waals surface area contributed by atoms with Crippen LogP contribution in [0.3, 0.4) is 0 Å². The van der Waals surface area contributed by atoms with Crippen LogP contribution in [0.25, 0.3) is 0 Å². The third-order valence-electron chi connectivity index (χ3n) is 5.45. The summed E-state index contributed by atoms with van der Waals surface area (Å²) in [5, 5.41) is 3.15. The summed E-state index contributed by atoms with van der Waals surface area (Å²) in [6.07, 6.45) is 3.42. The van der Waals surface area contributed by atoms with E-state index in [0.29, 0.717) is 42.6 Å². The lowest BCUT2D eigenvalue weighted by Crippen LogP contribution is -2.32. The maximum absolute atomic E-state index is 13.2. The first-order valence-electron chi connectivity index (χ1n) is 11.0. The summed E-state index contributed by atoms with van der Waals surface area (Å²) in [7, 11) is 1.57. The number of benzene rings is 2. The molecule has 1 aliphatic heterocycles. The maximum atomic E-state index is 13.2. The second kappa shape index (κ2) is 10.3. The lowest BCUT2D eigenvalue weighted by atomic mass is 9.95. The molecule has 0 saturated heterocycles. The summed E-state index contributed by atoms with van der Waals surface area (Å²) >= 11 is 0. The van der Waals surface area contributed by atoms with Gasteiger partial charge in [0, 0.05) is 18.0 Å². The monoisotopic (exact) mass is 448 g/mol. The zero-order valence-corrected chi connectivity index (χ0v) is 19.0. The Morgan fingerprint density at radius 1 is 1.00 bits per heavy atom. The molecule has 0 saturated carbocycles. The minimum Gasteiger partial charge on any atom is -0.493 e. The summed E-state index contributed by atoms with van der Waals surface area (Å²) in [6, 6.07) is 14.5. The summed E-state index contributed by atoms with van der Waals surface area (Å²) in [5.74, 6) is 2.47. The molecular formula is C26H28N2O5. The van der Waals surface area contributed by atoms with Gasteiger partial charge < -0.3 is 24.3 Å². The summed E-state index contributed by atoms with van der Waals surface area (Å²) in [6.45, 7) is 5.54. The van der Waals surface area contributed by atoms with Gasteiger partial charge in [0.25, 0.3) is 5.91 Å². The van der Waals surface area contributed by atoms with Crippen LogP contribution in [0, 0.1) is 5.92 Å². The highest BCUT2D eigenvalue weighted by molar-refractivity contribution is 5.95. The third-order valence-corrected chi connectivity index (χ3v) is 5.45. The molecule has 4 rings (SSSR count). The maximum Gasteiger partial charge on any atom is 0.251 e. The molecule has 1 aliphatic rings. The van der Waals surface area contributed by atoms with Crippen molar-refractivity contribution in [2.75, 3.05) is 20.3 Å². The average molecular weight is 449 g/mol. The van der Waals surface area contributed by atoms with Crippen LogP contribution < -0.4 is 24.3 Å². The van der Waals surface area contributed by atoms with Gasteiger partial charge in [0.1, 0.15) is 19.8 Å². The number of amides is 1. The van der Waals surface area contributed by atoms with Crippen molar-refractivity contribution in [3.63, 3.8) is 0 Å². The van der Waals surface area contributed by atoms with E-state index in [1.165, 1.54) is 0 Å². The van der Waals surface area contributed by atoms with Crippen molar-refractivity contribution in [3.8, 4) is 23.0 Å². The standard InChI is InChI=1S/C26H28N2O5/c1-17(2)25(19-4-7-22-24(14-19)32-13-12-31-22)28-26(29)20-5-6-21(30-3)23(15-20)33-16-18-8-10-27-11-9-18/h4-11,14-15,17,25H,12-13,16H2,1-3H3,(H,28,29)/t25-/m0/s1. The highest BCUT2D eigenvalue weighted by atomic mass is 16.6. The first-order valence-corrected chi connectivity index (χ1v) is 11.0. The largest absolute Gasteiger partial charge is 0.493 e. The van der Waals surface area contributed by atoms with E-state index in [0.717, 1.165) is 16.9 Å². The lowest BCUT2D eigenvalue weighted by Gasteiger charge is -2.25. The molecule has 0 unspecified atom stereocenters. The van der Waals surface area contributed by atoms with Crippen LogP contribution in [0.2, 0.25) is 0 Å². The molecule has 0 spiro atoms. The molecule has 3 aromatic rings. The van der Waals surface area contributed by atoms with Crippen LogP contribution >= 0.6 is 0 Å². The van der Waals surface area contributed by atoms with Gasteiger partial charge in [-0.25, -0.2) is 0 Å². The highest BCUT2D eigenvalue weighted by Gasteiger charge is 2.22. The van der Waals surface area contributed by atoms with E-state index in [-0.39, 0.29) is 17.9 Å². The number of aromatic nitrogens is 1. The molecule has 33 heavy (non-hydrogen) atoms. The van der Waals surface area contributed by atoms with Crippen molar-refractivity contribution in [1.82, 2.24) is 10.3 Å². The number of fused-ring (bicyclic) bond motifs is 1. The van der Waals surface area contributed by atoms with Crippen LogP contribution in [-0.2, 0) is 6.61 Å². The number of methoxy groups -OCH3 is 1. The van der Waals surface area contributed by atoms with E-state index in [4.69, 9.17) is 18.9 Å². The molecule has 1 amide bonds. The molecule has 7 heteroatoms. The Balaban J connectivity index is 1.52. The quantitative estimate of drug-likeness (QED) is 0.544. The molecule has 0 aliphatic carbocycles. The number of nitrogens with one attached hydrogen (secondary N) is 1. The van der Waals surface area contributed by atoms with E-state index in [2.05, 4.69) is 24.1 Å². The van der Waals surface area contributed by atoms with Crippen LogP contribution in [0.4, 0.5) is 0 Å². The van der Waals surface area contributed by atoms with Crippen LogP contribution in [0.15, 0.2) is 60.9 Å². The Bertz CT molecular complexity index is 1100. The Labute approximate surface area is 193 Å². The fourth-order valence-corrected chi connectivity index (χ4v) is 3.68. The first kappa shape index (κ1) is 22.5. The average Bonchev–Trinajstić information content (AvgIpc) is 2.85. The fourth-order valence-electron chi connectivity index (χ4n) is 3.68. The molecule has 7 nitrogen and oxygen atoms in total. The number of rotatable bonds is 8. The van der Waals surface area contributed by atoms with Crippen LogP contribution in [0.5, 0.6) is 23.0 Å². The third kappa shape index (κ3) is 5.37. The molecule has 0 radical (unpaired) electrons. The molecule has 172 valence electrons. The second-order valence-corrected chi connectivity index (χ2v) is 8.11. The Morgan fingerprint density at radius 2 is 1.76 bits per heavy atom. The highest BCUT2D eigenvalue weighted by Crippen LogP contribution is 2.35. The molecule has 1 N–H and O–H groups in total. The zero-order valence-electron chi connectivity index (χ0n) is 19.0. The molecule has 1 atom stereocenters. The van der Waals surface area contributed by atoms with Gasteiger partial charge in [-0.05, 0) is 59.5 Å². The molecule has 0 bridgehead atoms. The van der Waals surface area contributed by atoms with E-state index in [1.54, 1.807) is 37.7 Å². The van der Waals surface area contributed by atoms with E-state index < -0.39 is 0 Å².